The number of carbonyl (C=O) groups is 1. The van der Waals surface area contributed by atoms with E-state index in [1.165, 1.54) is 12.1 Å². The Balaban J connectivity index is 0.00000625. The van der Waals surface area contributed by atoms with Crippen LogP contribution in [0.15, 0.2) is 34.2 Å². The third-order valence-corrected chi connectivity index (χ3v) is 3.83. The zero-order chi connectivity index (χ0) is 19.1. The third kappa shape index (κ3) is 9.92. The van der Waals surface area contributed by atoms with Crippen molar-refractivity contribution in [2.24, 2.45) is 10.1 Å². The summed E-state index contributed by atoms with van der Waals surface area (Å²) >= 11 is 0. The number of sulfonamides is 1. The number of benzene rings is 1. The van der Waals surface area contributed by atoms with Gasteiger partial charge >= 0.3 is 0 Å². The van der Waals surface area contributed by atoms with E-state index in [1.807, 2.05) is 27.7 Å². The van der Waals surface area contributed by atoms with Crippen LogP contribution in [-0.2, 0) is 21.4 Å². The van der Waals surface area contributed by atoms with Crippen LogP contribution in [0.25, 0.3) is 0 Å². The molecule has 0 saturated carbocycles. The largest absolute Gasteiger partial charge is 0.357 e. The number of amides is 1. The van der Waals surface area contributed by atoms with Gasteiger partial charge < -0.3 is 16.0 Å². The predicted molar refractivity (Wildman–Crippen MR) is 114 cm³/mol. The summed E-state index contributed by atoms with van der Waals surface area (Å²) in [5.41, 5.74) is 0.394. The van der Waals surface area contributed by atoms with Crippen LogP contribution in [0.3, 0.4) is 0 Å². The van der Waals surface area contributed by atoms with E-state index in [0.29, 0.717) is 18.1 Å². The van der Waals surface area contributed by atoms with Crippen LogP contribution < -0.4 is 21.1 Å². The molecule has 0 aliphatic carbocycles. The van der Waals surface area contributed by atoms with Crippen molar-refractivity contribution in [1.82, 2.24) is 16.0 Å². The SMILES string of the molecule is CCNC(=NCc1cccc(S(N)(=O)=O)c1)NCC(=O)NC(C)(C)C.I. The molecule has 0 bridgehead atoms. The smallest absolute Gasteiger partial charge is 0.239 e. The lowest BCUT2D eigenvalue weighted by atomic mass is 10.1. The van der Waals surface area contributed by atoms with Crippen LogP contribution in [0.2, 0.25) is 0 Å². The topological polar surface area (TPSA) is 126 Å². The van der Waals surface area contributed by atoms with Gasteiger partial charge in [-0.05, 0) is 45.4 Å². The van der Waals surface area contributed by atoms with Gasteiger partial charge in [0.1, 0.15) is 0 Å². The molecule has 1 aromatic carbocycles. The number of rotatable bonds is 6. The van der Waals surface area contributed by atoms with Gasteiger partial charge in [-0.3, -0.25) is 4.79 Å². The minimum absolute atomic E-state index is 0. The lowest BCUT2D eigenvalue weighted by Crippen LogP contribution is -2.48. The molecule has 1 aromatic rings. The highest BCUT2D eigenvalue weighted by Gasteiger charge is 2.13. The number of nitrogens with one attached hydrogen (secondary N) is 3. The van der Waals surface area contributed by atoms with Crippen LogP contribution in [0.4, 0.5) is 0 Å². The van der Waals surface area contributed by atoms with Crippen LogP contribution in [0.5, 0.6) is 0 Å². The molecule has 0 saturated heterocycles. The molecule has 148 valence electrons. The molecule has 0 aliphatic rings. The summed E-state index contributed by atoms with van der Waals surface area (Å²) in [4.78, 5) is 16.3. The number of primary sulfonamides is 1. The standard InChI is InChI=1S/C16H27N5O3S.HI/c1-5-18-15(20-11-14(22)21-16(2,3)4)19-10-12-7-6-8-13(9-12)25(17,23)24;/h6-9H,5,10-11H2,1-4H3,(H,21,22)(H2,17,23,24)(H2,18,19,20);1H. The van der Waals surface area contributed by atoms with Gasteiger partial charge in [-0.2, -0.15) is 0 Å². The number of nitrogens with two attached hydrogens (primary N) is 1. The van der Waals surface area contributed by atoms with E-state index in [9.17, 15) is 13.2 Å². The third-order valence-electron chi connectivity index (χ3n) is 2.92. The Hall–Kier alpha value is -1.40. The molecular formula is C16H28IN5O3S. The Labute approximate surface area is 172 Å². The average Bonchev–Trinajstić information content (AvgIpc) is 2.48. The molecule has 0 radical (unpaired) electrons. The summed E-state index contributed by atoms with van der Waals surface area (Å²) in [7, 11) is -3.75. The second-order valence-electron chi connectivity index (χ2n) is 6.54. The van der Waals surface area contributed by atoms with E-state index in [0.717, 1.165) is 0 Å². The number of aliphatic imine (C=N–C) groups is 1. The molecule has 8 nitrogen and oxygen atoms in total. The summed E-state index contributed by atoms with van der Waals surface area (Å²) in [6.07, 6.45) is 0. The number of nitrogens with zero attached hydrogens (tertiary/aromatic N) is 1. The minimum Gasteiger partial charge on any atom is -0.357 e. The van der Waals surface area contributed by atoms with Gasteiger partial charge in [0, 0.05) is 12.1 Å². The first-order valence-corrected chi connectivity index (χ1v) is 9.51. The zero-order valence-corrected chi connectivity index (χ0v) is 18.6. The van der Waals surface area contributed by atoms with Crippen molar-refractivity contribution in [3.63, 3.8) is 0 Å². The number of hydrogen-bond acceptors (Lipinski definition) is 4. The highest BCUT2D eigenvalue weighted by molar-refractivity contribution is 14.0. The van der Waals surface area contributed by atoms with E-state index in [1.54, 1.807) is 12.1 Å². The fourth-order valence-corrected chi connectivity index (χ4v) is 2.54. The first-order chi connectivity index (χ1) is 11.5. The fourth-order valence-electron chi connectivity index (χ4n) is 1.96. The molecule has 1 rings (SSSR count). The Kier molecular flexibility index (Phi) is 10.1. The van der Waals surface area contributed by atoms with Crippen molar-refractivity contribution in [2.75, 3.05) is 13.1 Å². The first kappa shape index (κ1) is 24.6. The van der Waals surface area contributed by atoms with Crippen LogP contribution in [-0.4, -0.2) is 38.9 Å². The lowest BCUT2D eigenvalue weighted by Gasteiger charge is -2.21. The fraction of sp³-hybridized carbons (Fsp3) is 0.500. The number of carbonyl (C=O) groups excluding carboxylic acids is 1. The minimum atomic E-state index is -3.75. The van der Waals surface area contributed by atoms with Gasteiger partial charge in [0.2, 0.25) is 15.9 Å². The van der Waals surface area contributed by atoms with Gasteiger partial charge in [-0.15, -0.1) is 24.0 Å². The molecule has 0 atom stereocenters. The Bertz CT molecular complexity index is 730. The van der Waals surface area contributed by atoms with Crippen molar-refractivity contribution in [3.8, 4) is 0 Å². The van der Waals surface area contributed by atoms with Crippen LogP contribution in [0, 0.1) is 0 Å². The van der Waals surface area contributed by atoms with Crippen molar-refractivity contribution in [1.29, 1.82) is 0 Å². The first-order valence-electron chi connectivity index (χ1n) is 7.96. The lowest BCUT2D eigenvalue weighted by molar-refractivity contribution is -0.121. The molecule has 26 heavy (non-hydrogen) atoms. The molecule has 5 N–H and O–H groups in total. The average molecular weight is 497 g/mol. The summed E-state index contributed by atoms with van der Waals surface area (Å²) < 4.78 is 22.8. The van der Waals surface area contributed by atoms with Gasteiger partial charge in [0.05, 0.1) is 18.0 Å². The summed E-state index contributed by atoms with van der Waals surface area (Å²) in [6.45, 7) is 8.59. The molecule has 0 fully saturated rings. The monoisotopic (exact) mass is 497 g/mol. The maximum atomic E-state index is 11.9. The van der Waals surface area contributed by atoms with Gasteiger partial charge in [0.15, 0.2) is 5.96 Å². The van der Waals surface area contributed by atoms with Crippen molar-refractivity contribution in [3.05, 3.63) is 29.8 Å². The van der Waals surface area contributed by atoms with E-state index >= 15 is 0 Å². The van der Waals surface area contributed by atoms with E-state index in [4.69, 9.17) is 5.14 Å². The molecule has 0 aromatic heterocycles. The Morgan fingerprint density at radius 1 is 1.23 bits per heavy atom. The predicted octanol–water partition coefficient (Wildman–Crippen LogP) is 0.922. The molecule has 0 spiro atoms. The van der Waals surface area contributed by atoms with E-state index in [-0.39, 0.29) is 53.4 Å². The van der Waals surface area contributed by atoms with Crippen molar-refractivity contribution >= 4 is 45.9 Å². The Morgan fingerprint density at radius 3 is 2.42 bits per heavy atom. The molecule has 10 heteroatoms. The second kappa shape index (κ2) is 10.7. The van der Waals surface area contributed by atoms with Gasteiger partial charge in [-0.25, -0.2) is 18.5 Å². The maximum Gasteiger partial charge on any atom is 0.239 e. The number of halogens is 1. The summed E-state index contributed by atoms with van der Waals surface area (Å²) in [5, 5.41) is 14.0. The summed E-state index contributed by atoms with van der Waals surface area (Å²) in [5.74, 6) is 0.321. The van der Waals surface area contributed by atoms with Crippen LogP contribution in [0.1, 0.15) is 33.3 Å². The zero-order valence-electron chi connectivity index (χ0n) is 15.5. The maximum absolute atomic E-state index is 11.9. The summed E-state index contributed by atoms with van der Waals surface area (Å²) in [6, 6.07) is 6.29. The van der Waals surface area contributed by atoms with Crippen molar-refractivity contribution in [2.45, 2.75) is 44.7 Å². The molecule has 0 aliphatic heterocycles. The molecular weight excluding hydrogens is 469 g/mol. The van der Waals surface area contributed by atoms with E-state index in [2.05, 4.69) is 20.9 Å². The number of hydrogen-bond donors (Lipinski definition) is 4. The quantitative estimate of drug-likeness (QED) is 0.264. The van der Waals surface area contributed by atoms with Crippen LogP contribution >= 0.6 is 24.0 Å². The second-order valence-corrected chi connectivity index (χ2v) is 8.10. The molecule has 0 unspecified atom stereocenters. The van der Waals surface area contributed by atoms with Gasteiger partial charge in [-0.1, -0.05) is 12.1 Å². The normalized spacial score (nSPS) is 12.1. The highest BCUT2D eigenvalue weighted by Crippen LogP contribution is 2.10. The van der Waals surface area contributed by atoms with E-state index < -0.39 is 10.0 Å². The molecule has 1 amide bonds. The molecule has 0 heterocycles. The van der Waals surface area contributed by atoms with Gasteiger partial charge in [0.25, 0.3) is 0 Å². The Morgan fingerprint density at radius 2 is 1.88 bits per heavy atom. The number of guanidine groups is 1. The highest BCUT2D eigenvalue weighted by atomic mass is 127. The van der Waals surface area contributed by atoms with Crippen molar-refractivity contribution < 1.29 is 13.2 Å².